The topological polar surface area (TPSA) is 63.5 Å². The molecule has 5 nitrogen and oxygen atoms in total. The maximum absolute atomic E-state index is 12.2. The van der Waals surface area contributed by atoms with Gasteiger partial charge in [0.2, 0.25) is 0 Å². The number of nitro groups is 1. The molecule has 0 saturated heterocycles. The second-order valence-electron chi connectivity index (χ2n) is 3.67. The predicted octanol–water partition coefficient (Wildman–Crippen LogP) is 2.99. The minimum absolute atomic E-state index is 0.140. The van der Waals surface area contributed by atoms with Crippen LogP contribution in [0, 0.1) is 10.1 Å². The minimum atomic E-state index is -4.53. The summed E-state index contributed by atoms with van der Waals surface area (Å²) in [5.41, 5.74) is -0.577. The zero-order valence-corrected chi connectivity index (χ0v) is 11.2. The number of hydrogen-bond acceptors (Lipinski definition) is 3. The van der Waals surface area contributed by atoms with E-state index in [1.807, 2.05) is 0 Å². The molecule has 0 spiro atoms. The molecule has 0 radical (unpaired) electrons. The average Bonchev–Trinajstić information content (AvgIpc) is 2.25. The molecule has 1 aromatic carbocycles. The number of halogens is 4. The van der Waals surface area contributed by atoms with Crippen LogP contribution in [0.5, 0.6) is 0 Å². The summed E-state index contributed by atoms with van der Waals surface area (Å²) in [6, 6.07) is 3.59. The molecule has 1 rings (SSSR count). The van der Waals surface area contributed by atoms with Crippen LogP contribution >= 0.6 is 15.9 Å². The Hall–Kier alpha value is -1.64. The monoisotopic (exact) mass is 340 g/mol. The van der Waals surface area contributed by atoms with Crippen LogP contribution in [-0.4, -0.2) is 35.5 Å². The molecule has 104 valence electrons. The van der Waals surface area contributed by atoms with Crippen molar-refractivity contribution in [2.24, 2.45) is 0 Å². The first-order chi connectivity index (χ1) is 8.63. The van der Waals surface area contributed by atoms with Crippen LogP contribution in [0.2, 0.25) is 0 Å². The molecule has 0 heterocycles. The molecule has 0 aliphatic carbocycles. The van der Waals surface area contributed by atoms with Crippen molar-refractivity contribution in [3.05, 3.63) is 38.3 Å². The molecule has 0 bridgehead atoms. The number of alkyl halides is 3. The van der Waals surface area contributed by atoms with E-state index in [1.165, 1.54) is 12.1 Å². The number of benzene rings is 1. The van der Waals surface area contributed by atoms with Gasteiger partial charge in [0, 0.05) is 13.1 Å². The number of carbonyl (C=O) groups is 1. The van der Waals surface area contributed by atoms with Gasteiger partial charge in [-0.15, -0.1) is 0 Å². The fraction of sp³-hybridized carbons (Fsp3) is 0.300. The van der Waals surface area contributed by atoms with Gasteiger partial charge in [0.15, 0.2) is 0 Å². The van der Waals surface area contributed by atoms with Gasteiger partial charge in [-0.05, 0) is 22.0 Å². The Labute approximate surface area is 114 Å². The molecule has 0 fully saturated rings. The molecule has 0 atom stereocenters. The molecule has 19 heavy (non-hydrogen) atoms. The van der Waals surface area contributed by atoms with Gasteiger partial charge in [0.05, 0.1) is 10.5 Å². The number of rotatable bonds is 3. The molecule has 1 amide bonds. The summed E-state index contributed by atoms with van der Waals surface area (Å²) in [4.78, 5) is 22.2. The van der Waals surface area contributed by atoms with E-state index in [9.17, 15) is 28.1 Å². The van der Waals surface area contributed by atoms with E-state index in [0.29, 0.717) is 4.90 Å². The maximum atomic E-state index is 12.2. The summed E-state index contributed by atoms with van der Waals surface area (Å²) in [5, 5.41) is 10.7. The lowest BCUT2D eigenvalue weighted by Gasteiger charge is -2.19. The van der Waals surface area contributed by atoms with Gasteiger partial charge in [0.25, 0.3) is 11.6 Å². The van der Waals surface area contributed by atoms with Crippen LogP contribution in [0.25, 0.3) is 0 Å². The van der Waals surface area contributed by atoms with Gasteiger partial charge < -0.3 is 4.90 Å². The van der Waals surface area contributed by atoms with Crippen LogP contribution in [0.3, 0.4) is 0 Å². The van der Waals surface area contributed by atoms with Crippen molar-refractivity contribution in [2.75, 3.05) is 13.6 Å². The van der Waals surface area contributed by atoms with E-state index in [2.05, 4.69) is 15.9 Å². The summed E-state index contributed by atoms with van der Waals surface area (Å²) >= 11 is 2.86. The van der Waals surface area contributed by atoms with Gasteiger partial charge in [0.1, 0.15) is 11.0 Å². The Kier molecular flexibility index (Phi) is 4.51. The van der Waals surface area contributed by atoms with Crippen LogP contribution in [0.15, 0.2) is 22.7 Å². The third kappa shape index (κ3) is 3.91. The molecule has 0 aliphatic rings. The highest BCUT2D eigenvalue weighted by molar-refractivity contribution is 9.10. The molecule has 0 aliphatic heterocycles. The van der Waals surface area contributed by atoms with Crippen LogP contribution in [0.1, 0.15) is 10.4 Å². The number of nitro benzene ring substituents is 1. The molecule has 0 unspecified atom stereocenters. The van der Waals surface area contributed by atoms with Crippen molar-refractivity contribution in [1.29, 1.82) is 0 Å². The Morgan fingerprint density at radius 2 is 2.05 bits per heavy atom. The van der Waals surface area contributed by atoms with Gasteiger partial charge in [-0.1, -0.05) is 6.07 Å². The average molecular weight is 341 g/mol. The van der Waals surface area contributed by atoms with Crippen LogP contribution < -0.4 is 0 Å². The van der Waals surface area contributed by atoms with Crippen molar-refractivity contribution in [3.63, 3.8) is 0 Å². The third-order valence-corrected chi connectivity index (χ3v) is 3.00. The standard InChI is InChI=1S/C10H8BrF3N2O3/c1-15(5-10(12,13)14)9(17)6-3-2-4-7(8(6)11)16(18)19/h2-4H,5H2,1H3. The first-order valence-electron chi connectivity index (χ1n) is 4.88. The number of nitrogens with zero attached hydrogens (tertiary/aromatic N) is 2. The van der Waals surface area contributed by atoms with E-state index >= 15 is 0 Å². The van der Waals surface area contributed by atoms with Crippen molar-refractivity contribution >= 4 is 27.5 Å². The first-order valence-corrected chi connectivity index (χ1v) is 5.68. The lowest BCUT2D eigenvalue weighted by molar-refractivity contribution is -0.385. The minimum Gasteiger partial charge on any atom is -0.333 e. The normalized spacial score (nSPS) is 11.2. The van der Waals surface area contributed by atoms with Crippen molar-refractivity contribution in [1.82, 2.24) is 4.90 Å². The Balaban J connectivity index is 3.07. The fourth-order valence-electron chi connectivity index (χ4n) is 1.37. The van der Waals surface area contributed by atoms with E-state index < -0.39 is 23.6 Å². The molecule has 0 saturated carbocycles. The zero-order chi connectivity index (χ0) is 14.8. The summed E-state index contributed by atoms with van der Waals surface area (Å²) in [6.07, 6.45) is -4.53. The second-order valence-corrected chi connectivity index (χ2v) is 4.47. The quantitative estimate of drug-likeness (QED) is 0.627. The molecule has 0 N–H and O–H groups in total. The lowest BCUT2D eigenvalue weighted by Crippen LogP contribution is -2.36. The van der Waals surface area contributed by atoms with Gasteiger partial charge in [-0.25, -0.2) is 0 Å². The lowest BCUT2D eigenvalue weighted by atomic mass is 10.2. The highest BCUT2D eigenvalue weighted by Gasteiger charge is 2.32. The van der Waals surface area contributed by atoms with Crippen molar-refractivity contribution in [2.45, 2.75) is 6.18 Å². The molecular formula is C10H8BrF3N2O3. The largest absolute Gasteiger partial charge is 0.406 e. The van der Waals surface area contributed by atoms with E-state index in [4.69, 9.17) is 0 Å². The van der Waals surface area contributed by atoms with Gasteiger partial charge in [-0.3, -0.25) is 14.9 Å². The van der Waals surface area contributed by atoms with Crippen LogP contribution in [0.4, 0.5) is 18.9 Å². The van der Waals surface area contributed by atoms with Crippen molar-refractivity contribution in [3.8, 4) is 0 Å². The molecule has 9 heteroatoms. The van der Waals surface area contributed by atoms with Crippen molar-refractivity contribution < 1.29 is 22.9 Å². The van der Waals surface area contributed by atoms with E-state index in [1.54, 1.807) is 0 Å². The summed E-state index contributed by atoms with van der Waals surface area (Å²) in [5.74, 6) is -0.951. The van der Waals surface area contributed by atoms with Gasteiger partial charge in [-0.2, -0.15) is 13.2 Å². The first kappa shape index (κ1) is 15.4. The third-order valence-electron chi connectivity index (χ3n) is 2.17. The predicted molar refractivity (Wildman–Crippen MR) is 63.8 cm³/mol. The van der Waals surface area contributed by atoms with E-state index in [0.717, 1.165) is 13.1 Å². The summed E-state index contributed by atoms with van der Waals surface area (Å²) in [6.45, 7) is -1.43. The highest BCUT2D eigenvalue weighted by Crippen LogP contribution is 2.29. The smallest absolute Gasteiger partial charge is 0.333 e. The fourth-order valence-corrected chi connectivity index (χ4v) is 1.95. The Bertz CT molecular complexity index is 519. The second kappa shape index (κ2) is 5.55. The van der Waals surface area contributed by atoms with Crippen LogP contribution in [-0.2, 0) is 0 Å². The number of carbonyl (C=O) groups excluding carboxylic acids is 1. The SMILES string of the molecule is CN(CC(F)(F)F)C(=O)c1cccc([N+](=O)[O-])c1Br. The zero-order valence-electron chi connectivity index (χ0n) is 9.57. The molecular weight excluding hydrogens is 333 g/mol. The Morgan fingerprint density at radius 1 is 1.47 bits per heavy atom. The summed E-state index contributed by atoms with van der Waals surface area (Å²) in [7, 11) is 0.973. The van der Waals surface area contributed by atoms with E-state index in [-0.39, 0.29) is 15.7 Å². The maximum Gasteiger partial charge on any atom is 0.406 e. The molecule has 0 aromatic heterocycles. The number of amides is 1. The summed E-state index contributed by atoms with van der Waals surface area (Å²) < 4.78 is 36.4. The number of hydrogen-bond donors (Lipinski definition) is 0. The van der Waals surface area contributed by atoms with Gasteiger partial charge >= 0.3 is 6.18 Å². The Morgan fingerprint density at radius 3 is 2.53 bits per heavy atom. The highest BCUT2D eigenvalue weighted by atomic mass is 79.9. The molecule has 1 aromatic rings.